The van der Waals surface area contributed by atoms with Crippen molar-refractivity contribution < 1.29 is 19.1 Å². The van der Waals surface area contributed by atoms with Crippen LogP contribution in [0.3, 0.4) is 0 Å². The Morgan fingerprint density at radius 2 is 1.51 bits per heavy atom. The van der Waals surface area contributed by atoms with Crippen molar-refractivity contribution >= 4 is 72.0 Å². The van der Waals surface area contributed by atoms with E-state index in [1.54, 1.807) is 53.9 Å². The van der Waals surface area contributed by atoms with Crippen molar-refractivity contribution in [1.82, 2.24) is 0 Å². The number of ether oxygens (including phenoxy) is 2. The average molecular weight is 590 g/mol. The van der Waals surface area contributed by atoms with Crippen LogP contribution in [0.5, 0.6) is 0 Å². The minimum atomic E-state index is -0.413. The van der Waals surface area contributed by atoms with Crippen LogP contribution in [0, 0.1) is 0 Å². The number of hydrogen-bond donors (Lipinski definition) is 0. The van der Waals surface area contributed by atoms with Crippen LogP contribution in [0.25, 0.3) is 21.0 Å². The van der Waals surface area contributed by atoms with Gasteiger partial charge in [0.2, 0.25) is 0 Å². The third-order valence-electron chi connectivity index (χ3n) is 6.40. The summed E-state index contributed by atoms with van der Waals surface area (Å²) >= 11 is 3.12. The predicted molar refractivity (Wildman–Crippen MR) is 170 cm³/mol. The Hall–Kier alpha value is -3.82. The molecule has 0 atom stereocenters. The van der Waals surface area contributed by atoms with E-state index in [4.69, 9.17) is 9.47 Å². The molecule has 4 aromatic rings. The molecule has 0 unspecified atom stereocenters. The van der Waals surface area contributed by atoms with Crippen molar-refractivity contribution in [2.75, 3.05) is 31.2 Å². The lowest BCUT2D eigenvalue weighted by Gasteiger charge is -2.20. The van der Waals surface area contributed by atoms with Crippen LogP contribution in [-0.2, 0) is 14.3 Å². The van der Waals surface area contributed by atoms with E-state index in [-0.39, 0.29) is 12.6 Å². The molecule has 0 fully saturated rings. The van der Waals surface area contributed by atoms with Gasteiger partial charge < -0.3 is 14.4 Å². The summed E-state index contributed by atoms with van der Waals surface area (Å²) in [4.78, 5) is 28.3. The summed E-state index contributed by atoms with van der Waals surface area (Å²) in [6.45, 7) is 10.7. The Morgan fingerprint density at radius 1 is 0.829 bits per heavy atom. The molecule has 0 radical (unpaired) electrons. The monoisotopic (exact) mass is 589 g/mol. The lowest BCUT2D eigenvalue weighted by Crippen LogP contribution is -2.21. The molecule has 0 saturated heterocycles. The second-order valence-corrected chi connectivity index (χ2v) is 11.4. The van der Waals surface area contributed by atoms with E-state index in [1.165, 1.54) is 5.69 Å². The standard InChI is InChI=1S/C32H35N3O4S2/c1-5-9-18-39-31(36)23-12-10-22(11-13-23)27(32(37)38-8-4)19-26-20-28-29(40-26)21-30(41-28)34-33-24-14-16-25(17-15-24)35(6-2)7-3/h10-17,19-21H,5-9,18H2,1-4H3/b27-19-,34-33+. The van der Waals surface area contributed by atoms with E-state index in [9.17, 15) is 9.59 Å². The van der Waals surface area contributed by atoms with Gasteiger partial charge >= 0.3 is 11.9 Å². The van der Waals surface area contributed by atoms with Crippen molar-refractivity contribution in [3.63, 3.8) is 0 Å². The number of rotatable bonds is 13. The van der Waals surface area contributed by atoms with Crippen molar-refractivity contribution in [1.29, 1.82) is 0 Å². The molecule has 0 bridgehead atoms. The molecule has 0 N–H and O–H groups in total. The normalized spacial score (nSPS) is 11.8. The van der Waals surface area contributed by atoms with Gasteiger partial charge in [0.1, 0.15) is 5.00 Å². The van der Waals surface area contributed by atoms with Crippen LogP contribution in [0.15, 0.2) is 70.9 Å². The van der Waals surface area contributed by atoms with Crippen LogP contribution >= 0.6 is 22.7 Å². The molecule has 9 heteroatoms. The summed E-state index contributed by atoms with van der Waals surface area (Å²) in [5, 5.41) is 9.68. The molecular formula is C32H35N3O4S2. The lowest BCUT2D eigenvalue weighted by atomic mass is 10.0. The summed E-state index contributed by atoms with van der Waals surface area (Å²) in [5.41, 5.74) is 3.53. The Bertz CT molecular complexity index is 1480. The molecule has 0 aliphatic heterocycles. The third kappa shape index (κ3) is 7.89. The van der Waals surface area contributed by atoms with Gasteiger partial charge in [0.25, 0.3) is 0 Å². The van der Waals surface area contributed by atoms with E-state index < -0.39 is 5.97 Å². The largest absolute Gasteiger partial charge is 0.462 e. The number of thiophene rings is 2. The van der Waals surface area contributed by atoms with Crippen molar-refractivity contribution in [2.24, 2.45) is 10.2 Å². The Morgan fingerprint density at radius 3 is 2.15 bits per heavy atom. The summed E-state index contributed by atoms with van der Waals surface area (Å²) in [6, 6.07) is 19.0. The molecule has 7 nitrogen and oxygen atoms in total. The molecule has 0 spiro atoms. The Kier molecular flexibility index (Phi) is 10.8. The fourth-order valence-electron chi connectivity index (χ4n) is 4.18. The molecule has 0 amide bonds. The summed E-state index contributed by atoms with van der Waals surface area (Å²) < 4.78 is 12.8. The van der Waals surface area contributed by atoms with Crippen LogP contribution in [0.1, 0.15) is 61.3 Å². The topological polar surface area (TPSA) is 80.6 Å². The van der Waals surface area contributed by atoms with Gasteiger partial charge in [-0.15, -0.1) is 32.9 Å². The quantitative estimate of drug-likeness (QED) is 0.0672. The zero-order valence-corrected chi connectivity index (χ0v) is 25.5. The highest BCUT2D eigenvalue weighted by Crippen LogP contribution is 2.39. The minimum absolute atomic E-state index is 0.268. The SMILES string of the molecule is CCCCOC(=O)c1ccc(/C(=C/c2cc3sc(/N=N/c4ccc(N(CC)CC)cc4)cc3s2)C(=O)OCC)cc1. The Labute approximate surface area is 249 Å². The summed E-state index contributed by atoms with van der Waals surface area (Å²) in [5.74, 6) is -0.779. The fourth-order valence-corrected chi connectivity index (χ4v) is 6.34. The van der Waals surface area contributed by atoms with Crippen LogP contribution < -0.4 is 4.90 Å². The first kappa shape index (κ1) is 30.1. The van der Waals surface area contributed by atoms with Gasteiger partial charge in [-0.1, -0.05) is 25.5 Å². The average Bonchev–Trinajstić information content (AvgIpc) is 3.55. The van der Waals surface area contributed by atoms with Crippen molar-refractivity contribution in [3.8, 4) is 0 Å². The highest BCUT2D eigenvalue weighted by atomic mass is 32.1. The van der Waals surface area contributed by atoms with Crippen LogP contribution in [0.4, 0.5) is 16.4 Å². The maximum atomic E-state index is 12.9. The van der Waals surface area contributed by atoms with E-state index in [0.717, 1.165) is 50.9 Å². The number of hydrogen-bond acceptors (Lipinski definition) is 9. The second kappa shape index (κ2) is 14.7. The zero-order valence-electron chi connectivity index (χ0n) is 23.9. The molecule has 41 heavy (non-hydrogen) atoms. The van der Waals surface area contributed by atoms with Crippen molar-refractivity contribution in [3.05, 3.63) is 76.7 Å². The number of esters is 2. The van der Waals surface area contributed by atoms with Crippen LogP contribution in [-0.4, -0.2) is 38.2 Å². The zero-order chi connectivity index (χ0) is 29.2. The predicted octanol–water partition coefficient (Wildman–Crippen LogP) is 9.29. The minimum Gasteiger partial charge on any atom is -0.462 e. The number of anilines is 1. The number of nitrogens with zero attached hydrogens (tertiary/aromatic N) is 3. The first-order valence-corrected chi connectivity index (χ1v) is 15.5. The van der Waals surface area contributed by atoms with Gasteiger partial charge in [-0.3, -0.25) is 0 Å². The molecular weight excluding hydrogens is 555 g/mol. The van der Waals surface area contributed by atoms with Gasteiger partial charge in [0.15, 0.2) is 0 Å². The number of fused-ring (bicyclic) bond motifs is 1. The Balaban J connectivity index is 1.51. The highest BCUT2D eigenvalue weighted by Gasteiger charge is 2.16. The number of unbranched alkanes of at least 4 members (excludes halogenated alkanes) is 1. The van der Waals surface area contributed by atoms with E-state index in [1.807, 2.05) is 37.3 Å². The van der Waals surface area contributed by atoms with Gasteiger partial charge in [-0.25, -0.2) is 9.59 Å². The molecule has 2 aromatic carbocycles. The summed E-state index contributed by atoms with van der Waals surface area (Å²) in [6.07, 6.45) is 3.62. The molecule has 4 rings (SSSR count). The molecule has 214 valence electrons. The maximum absolute atomic E-state index is 12.9. The molecule has 0 aliphatic carbocycles. The van der Waals surface area contributed by atoms with E-state index >= 15 is 0 Å². The van der Waals surface area contributed by atoms with Gasteiger partial charge in [-0.05, 0) is 87.4 Å². The van der Waals surface area contributed by atoms with Gasteiger partial charge in [-0.2, -0.15) is 0 Å². The summed E-state index contributed by atoms with van der Waals surface area (Å²) in [7, 11) is 0. The first-order valence-electron chi connectivity index (χ1n) is 13.9. The van der Waals surface area contributed by atoms with Crippen molar-refractivity contribution in [2.45, 2.75) is 40.5 Å². The van der Waals surface area contributed by atoms with Gasteiger partial charge in [0.05, 0.1) is 30.0 Å². The van der Waals surface area contributed by atoms with E-state index in [0.29, 0.717) is 23.3 Å². The molecule has 0 saturated carbocycles. The fraction of sp³-hybridized carbons (Fsp3) is 0.312. The molecule has 2 aromatic heterocycles. The number of carbonyl (C=O) groups is 2. The van der Waals surface area contributed by atoms with E-state index in [2.05, 4.69) is 41.1 Å². The molecule has 2 heterocycles. The lowest BCUT2D eigenvalue weighted by molar-refractivity contribution is -0.136. The maximum Gasteiger partial charge on any atom is 0.338 e. The van der Waals surface area contributed by atoms with Gasteiger partial charge in [0, 0.05) is 33.1 Å². The number of carbonyl (C=O) groups excluding carboxylic acids is 2. The second-order valence-electron chi connectivity index (χ2n) is 9.20. The number of azo groups is 1. The van der Waals surface area contributed by atoms with Crippen LogP contribution in [0.2, 0.25) is 0 Å². The third-order valence-corrected chi connectivity index (χ3v) is 8.52. The first-order chi connectivity index (χ1) is 19.9. The highest BCUT2D eigenvalue weighted by molar-refractivity contribution is 7.30. The smallest absolute Gasteiger partial charge is 0.338 e. The number of benzene rings is 2. The molecule has 0 aliphatic rings.